The molecule has 0 N–H and O–H groups in total. The second kappa shape index (κ2) is 8.99. The largest absolute Gasteiger partial charge is 0.339 e. The number of nitrogens with zero attached hydrogens (tertiary/aromatic N) is 2. The monoisotopic (exact) mass is 444 g/mol. The Kier molecular flexibility index (Phi) is 6.35. The predicted molar refractivity (Wildman–Crippen MR) is 120 cm³/mol. The van der Waals surface area contributed by atoms with Gasteiger partial charge in [-0.3, -0.25) is 9.59 Å². The van der Waals surface area contributed by atoms with Crippen LogP contribution in [0.4, 0.5) is 0 Å². The number of carbonyl (C=O) groups is 2. The van der Waals surface area contributed by atoms with Gasteiger partial charge in [0.2, 0.25) is 5.91 Å². The van der Waals surface area contributed by atoms with E-state index in [1.807, 2.05) is 54.4 Å². The average molecular weight is 445 g/mol. The van der Waals surface area contributed by atoms with Gasteiger partial charge in [0.05, 0.1) is 10.0 Å². The zero-order chi connectivity index (χ0) is 21.3. The molecule has 3 atom stereocenters. The number of fused-ring (bicyclic) bond motifs is 2. The smallest absolute Gasteiger partial charge is 0.253 e. The zero-order valence-electron chi connectivity index (χ0n) is 17.1. The van der Waals surface area contributed by atoms with Crippen LogP contribution in [0.3, 0.4) is 0 Å². The summed E-state index contributed by atoms with van der Waals surface area (Å²) >= 11 is 12.4. The molecule has 0 saturated carbocycles. The van der Waals surface area contributed by atoms with Gasteiger partial charge in [0.25, 0.3) is 5.91 Å². The average Bonchev–Trinajstić information content (AvgIpc) is 3.03. The van der Waals surface area contributed by atoms with Crippen LogP contribution in [0.25, 0.3) is 0 Å². The summed E-state index contributed by atoms with van der Waals surface area (Å²) in [5.41, 5.74) is 1.62. The van der Waals surface area contributed by atoms with E-state index in [1.54, 1.807) is 6.07 Å². The summed E-state index contributed by atoms with van der Waals surface area (Å²) < 4.78 is 0. The van der Waals surface area contributed by atoms with Gasteiger partial charge in [-0.05, 0) is 55.9 Å². The second-order valence-corrected chi connectivity index (χ2v) is 9.09. The first-order valence-corrected chi connectivity index (χ1v) is 11.3. The van der Waals surface area contributed by atoms with E-state index in [-0.39, 0.29) is 29.9 Å². The van der Waals surface area contributed by atoms with E-state index in [0.29, 0.717) is 28.5 Å². The second-order valence-electron chi connectivity index (χ2n) is 8.31. The third-order valence-corrected chi connectivity index (χ3v) is 7.38. The lowest BCUT2D eigenvalue weighted by Gasteiger charge is -2.42. The summed E-state index contributed by atoms with van der Waals surface area (Å²) in [4.78, 5) is 29.8. The molecule has 2 aromatic carbocycles. The molecule has 0 aromatic heterocycles. The highest BCUT2D eigenvalue weighted by molar-refractivity contribution is 6.42. The minimum atomic E-state index is 0.0513. The van der Waals surface area contributed by atoms with Crippen molar-refractivity contribution in [3.8, 4) is 0 Å². The minimum Gasteiger partial charge on any atom is -0.339 e. The number of carbonyl (C=O) groups excluding carboxylic acids is 2. The van der Waals surface area contributed by atoms with Crippen LogP contribution >= 0.6 is 23.2 Å². The molecule has 4 nitrogen and oxygen atoms in total. The molecule has 4 rings (SSSR count). The quantitative estimate of drug-likeness (QED) is 0.633. The Morgan fingerprint density at radius 1 is 1.00 bits per heavy atom. The van der Waals surface area contributed by atoms with Crippen LogP contribution in [0.5, 0.6) is 0 Å². The number of benzene rings is 2. The highest BCUT2D eigenvalue weighted by Crippen LogP contribution is 2.38. The molecule has 2 aliphatic rings. The van der Waals surface area contributed by atoms with Crippen molar-refractivity contribution in [1.82, 2.24) is 9.80 Å². The van der Waals surface area contributed by atoms with Crippen LogP contribution in [-0.2, 0) is 11.2 Å². The Balaban J connectivity index is 1.38. The van der Waals surface area contributed by atoms with E-state index in [0.717, 1.165) is 31.2 Å². The number of hydrogen-bond acceptors (Lipinski definition) is 2. The molecule has 30 heavy (non-hydrogen) atoms. The van der Waals surface area contributed by atoms with Crippen molar-refractivity contribution in [3.63, 3.8) is 0 Å². The first-order valence-electron chi connectivity index (χ1n) is 10.5. The number of rotatable bonds is 5. The van der Waals surface area contributed by atoms with E-state index < -0.39 is 0 Å². The molecule has 2 aromatic rings. The van der Waals surface area contributed by atoms with Crippen LogP contribution in [0.1, 0.15) is 48.0 Å². The zero-order valence-corrected chi connectivity index (χ0v) is 18.6. The number of hydrogen-bond donors (Lipinski definition) is 0. The first-order chi connectivity index (χ1) is 14.5. The molecule has 2 amide bonds. The van der Waals surface area contributed by atoms with Gasteiger partial charge in [0.1, 0.15) is 0 Å². The van der Waals surface area contributed by atoms with Gasteiger partial charge in [0.15, 0.2) is 0 Å². The molecule has 2 heterocycles. The molecule has 2 aliphatic heterocycles. The molecule has 2 bridgehead atoms. The summed E-state index contributed by atoms with van der Waals surface area (Å²) in [6.07, 6.45) is 4.72. The fourth-order valence-electron chi connectivity index (χ4n) is 4.93. The van der Waals surface area contributed by atoms with Crippen LogP contribution in [0, 0.1) is 0 Å². The lowest BCUT2D eigenvalue weighted by atomic mass is 9.94. The van der Waals surface area contributed by atoms with Crippen molar-refractivity contribution in [3.05, 3.63) is 69.7 Å². The topological polar surface area (TPSA) is 40.6 Å². The SMILES string of the molecule is CN(C(=O)c1ccccc1)C1C[C@H]2CC[C@@H](C1)N2C(=O)CCc1cccc(Cl)c1Cl. The van der Waals surface area contributed by atoms with Gasteiger partial charge in [-0.15, -0.1) is 0 Å². The van der Waals surface area contributed by atoms with E-state index in [9.17, 15) is 9.59 Å². The Hall–Kier alpha value is -2.04. The number of halogens is 2. The van der Waals surface area contributed by atoms with Crippen molar-refractivity contribution >= 4 is 35.0 Å². The highest BCUT2D eigenvalue weighted by Gasteiger charge is 2.44. The van der Waals surface area contributed by atoms with Gasteiger partial charge in [-0.2, -0.15) is 0 Å². The molecule has 1 unspecified atom stereocenters. The first kappa shape index (κ1) is 21.2. The van der Waals surface area contributed by atoms with E-state index in [2.05, 4.69) is 4.90 Å². The normalized spacial score (nSPS) is 22.8. The summed E-state index contributed by atoms with van der Waals surface area (Å²) in [5, 5.41) is 1.06. The van der Waals surface area contributed by atoms with Crippen molar-refractivity contribution in [1.29, 1.82) is 0 Å². The number of aryl methyl sites for hydroxylation is 1. The summed E-state index contributed by atoms with van der Waals surface area (Å²) in [5.74, 6) is 0.226. The van der Waals surface area contributed by atoms with E-state index >= 15 is 0 Å². The Morgan fingerprint density at radius 2 is 1.67 bits per heavy atom. The summed E-state index contributed by atoms with van der Waals surface area (Å²) in [7, 11) is 1.89. The molecule has 2 saturated heterocycles. The van der Waals surface area contributed by atoms with Crippen LogP contribution in [-0.4, -0.2) is 46.8 Å². The summed E-state index contributed by atoms with van der Waals surface area (Å²) in [6, 6.07) is 15.5. The van der Waals surface area contributed by atoms with Crippen LogP contribution in [0.15, 0.2) is 48.5 Å². The molecular formula is C24H26Cl2N2O2. The van der Waals surface area contributed by atoms with Crippen LogP contribution in [0.2, 0.25) is 10.0 Å². The Morgan fingerprint density at radius 3 is 2.33 bits per heavy atom. The number of piperidine rings is 1. The lowest BCUT2D eigenvalue weighted by Crippen LogP contribution is -2.52. The van der Waals surface area contributed by atoms with Gasteiger partial charge < -0.3 is 9.80 Å². The van der Waals surface area contributed by atoms with Crippen molar-refractivity contribution < 1.29 is 9.59 Å². The van der Waals surface area contributed by atoms with Gasteiger partial charge >= 0.3 is 0 Å². The summed E-state index contributed by atoms with van der Waals surface area (Å²) in [6.45, 7) is 0. The maximum atomic E-state index is 13.0. The standard InChI is InChI=1S/C24H26Cl2N2O2/c1-27(24(30)17-6-3-2-4-7-17)20-14-18-11-12-19(15-20)28(18)22(29)13-10-16-8-5-9-21(25)23(16)26/h2-9,18-20H,10-15H2,1H3/t18-,19+,20?. The van der Waals surface area contributed by atoms with Crippen molar-refractivity contribution in [2.24, 2.45) is 0 Å². The fraction of sp³-hybridized carbons (Fsp3) is 0.417. The lowest BCUT2D eigenvalue weighted by molar-refractivity contribution is -0.136. The van der Waals surface area contributed by atoms with Gasteiger partial charge in [-0.1, -0.05) is 53.5 Å². The van der Waals surface area contributed by atoms with E-state index in [1.165, 1.54) is 0 Å². The molecule has 158 valence electrons. The minimum absolute atomic E-state index is 0.0513. The predicted octanol–water partition coefficient (Wildman–Crippen LogP) is 5.22. The van der Waals surface area contributed by atoms with Crippen LogP contribution < -0.4 is 0 Å². The Labute approximate surface area is 187 Å². The molecule has 0 aliphatic carbocycles. The fourth-order valence-corrected chi connectivity index (χ4v) is 5.35. The third-order valence-electron chi connectivity index (χ3n) is 6.52. The highest BCUT2D eigenvalue weighted by atomic mass is 35.5. The molecule has 6 heteroatoms. The number of amides is 2. The van der Waals surface area contributed by atoms with Crippen molar-refractivity contribution in [2.45, 2.75) is 56.7 Å². The molecule has 0 spiro atoms. The third kappa shape index (κ3) is 4.21. The van der Waals surface area contributed by atoms with E-state index in [4.69, 9.17) is 23.2 Å². The maximum absolute atomic E-state index is 13.0. The Bertz CT molecular complexity index is 920. The molecular weight excluding hydrogens is 419 g/mol. The molecule has 2 fully saturated rings. The van der Waals surface area contributed by atoms with Gasteiger partial charge in [-0.25, -0.2) is 0 Å². The van der Waals surface area contributed by atoms with Gasteiger partial charge in [0, 0.05) is 37.2 Å². The maximum Gasteiger partial charge on any atom is 0.253 e. The molecule has 0 radical (unpaired) electrons. The van der Waals surface area contributed by atoms with Crippen molar-refractivity contribution in [2.75, 3.05) is 7.05 Å².